The summed E-state index contributed by atoms with van der Waals surface area (Å²) >= 11 is 12.5. The Labute approximate surface area is 202 Å². The maximum absolute atomic E-state index is 13.0. The van der Waals surface area contributed by atoms with Gasteiger partial charge in [-0.15, -0.1) is 0 Å². The molecule has 0 saturated heterocycles. The van der Waals surface area contributed by atoms with Crippen LogP contribution >= 0.6 is 23.2 Å². The zero-order valence-electron chi connectivity index (χ0n) is 18.2. The SMILES string of the molecule is CCOc1cc(/C=C2/C(=O)N(c3ccccc3)N=C2C)cc(Cl)c1OCc1ccc(Cl)cc1. The molecule has 4 rings (SSSR count). The molecule has 3 aromatic carbocycles. The van der Waals surface area contributed by atoms with Gasteiger partial charge in [0.25, 0.3) is 5.91 Å². The summed E-state index contributed by atoms with van der Waals surface area (Å²) in [6.07, 6.45) is 1.77. The summed E-state index contributed by atoms with van der Waals surface area (Å²) in [4.78, 5) is 13.0. The molecule has 7 heteroatoms. The lowest BCUT2D eigenvalue weighted by Crippen LogP contribution is -2.21. The molecule has 0 atom stereocenters. The van der Waals surface area contributed by atoms with E-state index in [2.05, 4.69) is 5.10 Å². The lowest BCUT2D eigenvalue weighted by molar-refractivity contribution is -0.114. The average molecular weight is 481 g/mol. The molecule has 1 aliphatic rings. The molecule has 1 heterocycles. The van der Waals surface area contributed by atoms with Crippen molar-refractivity contribution in [2.24, 2.45) is 5.10 Å². The Morgan fingerprint density at radius 3 is 2.42 bits per heavy atom. The van der Waals surface area contributed by atoms with Gasteiger partial charge >= 0.3 is 0 Å². The van der Waals surface area contributed by atoms with Crippen LogP contribution in [0.1, 0.15) is 25.0 Å². The van der Waals surface area contributed by atoms with Gasteiger partial charge in [0, 0.05) is 5.02 Å². The third-order valence-electron chi connectivity index (χ3n) is 5.00. The fourth-order valence-corrected chi connectivity index (χ4v) is 3.81. The van der Waals surface area contributed by atoms with Crippen molar-refractivity contribution in [3.8, 4) is 11.5 Å². The number of carbonyl (C=O) groups is 1. The molecule has 5 nitrogen and oxygen atoms in total. The van der Waals surface area contributed by atoms with E-state index in [9.17, 15) is 4.79 Å². The number of nitrogens with zero attached hydrogens (tertiary/aromatic N) is 2. The number of carbonyl (C=O) groups excluding carboxylic acids is 1. The Hall–Kier alpha value is -3.28. The van der Waals surface area contributed by atoms with E-state index in [1.807, 2.05) is 67.6 Å². The van der Waals surface area contributed by atoms with Crippen LogP contribution in [0, 0.1) is 0 Å². The van der Waals surface area contributed by atoms with E-state index in [1.165, 1.54) is 5.01 Å². The number of anilines is 1. The first-order chi connectivity index (χ1) is 16.0. The Bertz CT molecular complexity index is 1220. The molecule has 0 radical (unpaired) electrons. The molecule has 0 aromatic heterocycles. The van der Waals surface area contributed by atoms with Crippen molar-refractivity contribution in [2.75, 3.05) is 11.6 Å². The van der Waals surface area contributed by atoms with Crippen molar-refractivity contribution in [1.29, 1.82) is 0 Å². The Morgan fingerprint density at radius 2 is 1.73 bits per heavy atom. The molecular weight excluding hydrogens is 459 g/mol. The molecule has 0 bridgehead atoms. The summed E-state index contributed by atoms with van der Waals surface area (Å²) < 4.78 is 11.8. The highest BCUT2D eigenvalue weighted by Crippen LogP contribution is 2.38. The standard InChI is InChI=1S/C26H22Cl2N2O3/c1-3-32-24-15-19(14-23(28)25(24)33-16-18-9-11-20(27)12-10-18)13-22-17(2)29-30(26(22)31)21-7-5-4-6-8-21/h4-15H,3,16H2,1-2H3/b22-13+. The highest BCUT2D eigenvalue weighted by Gasteiger charge is 2.28. The summed E-state index contributed by atoms with van der Waals surface area (Å²) in [5.41, 5.74) is 3.50. The first-order valence-corrected chi connectivity index (χ1v) is 11.2. The summed E-state index contributed by atoms with van der Waals surface area (Å²) in [6, 6.07) is 20.3. The molecule has 0 spiro atoms. The third kappa shape index (κ3) is 5.21. The number of hydrazone groups is 1. The molecule has 0 aliphatic carbocycles. The quantitative estimate of drug-likeness (QED) is 0.350. The predicted octanol–water partition coefficient (Wildman–Crippen LogP) is 6.78. The number of halogens is 2. The van der Waals surface area contributed by atoms with Crippen LogP contribution in [-0.2, 0) is 11.4 Å². The number of hydrogen-bond donors (Lipinski definition) is 0. The number of benzene rings is 3. The summed E-state index contributed by atoms with van der Waals surface area (Å²) in [5.74, 6) is 0.756. The molecule has 0 saturated carbocycles. The molecule has 168 valence electrons. The fraction of sp³-hybridized carbons (Fsp3) is 0.154. The van der Waals surface area contributed by atoms with E-state index in [0.717, 1.165) is 11.1 Å². The molecule has 0 fully saturated rings. The van der Waals surface area contributed by atoms with E-state index >= 15 is 0 Å². The molecule has 33 heavy (non-hydrogen) atoms. The van der Waals surface area contributed by atoms with Crippen molar-refractivity contribution in [3.63, 3.8) is 0 Å². The smallest absolute Gasteiger partial charge is 0.280 e. The Morgan fingerprint density at radius 1 is 1.00 bits per heavy atom. The van der Waals surface area contributed by atoms with E-state index in [0.29, 0.717) is 51.7 Å². The van der Waals surface area contributed by atoms with Gasteiger partial charge in [0.1, 0.15) is 6.61 Å². The lowest BCUT2D eigenvalue weighted by Gasteiger charge is -2.15. The zero-order chi connectivity index (χ0) is 23.4. The van der Waals surface area contributed by atoms with Crippen LogP contribution < -0.4 is 14.5 Å². The van der Waals surface area contributed by atoms with Crippen molar-refractivity contribution >= 4 is 46.6 Å². The molecule has 1 aliphatic heterocycles. The second-order valence-corrected chi connectivity index (χ2v) is 8.22. The van der Waals surface area contributed by atoms with Gasteiger partial charge in [0.2, 0.25) is 0 Å². The van der Waals surface area contributed by atoms with Crippen LogP contribution in [0.15, 0.2) is 77.4 Å². The minimum atomic E-state index is -0.198. The fourth-order valence-electron chi connectivity index (χ4n) is 3.41. The largest absolute Gasteiger partial charge is 0.490 e. The topological polar surface area (TPSA) is 51.1 Å². The Balaban J connectivity index is 1.60. The highest BCUT2D eigenvalue weighted by molar-refractivity contribution is 6.33. The lowest BCUT2D eigenvalue weighted by atomic mass is 10.1. The maximum atomic E-state index is 13.0. The van der Waals surface area contributed by atoms with Crippen molar-refractivity contribution in [1.82, 2.24) is 0 Å². The van der Waals surface area contributed by atoms with Crippen LogP contribution in [0.4, 0.5) is 5.69 Å². The van der Waals surface area contributed by atoms with Gasteiger partial charge in [-0.2, -0.15) is 10.1 Å². The van der Waals surface area contributed by atoms with Gasteiger partial charge in [-0.3, -0.25) is 4.79 Å². The van der Waals surface area contributed by atoms with E-state index in [1.54, 1.807) is 19.1 Å². The number of ether oxygens (including phenoxy) is 2. The predicted molar refractivity (Wildman–Crippen MR) is 133 cm³/mol. The van der Waals surface area contributed by atoms with E-state index < -0.39 is 0 Å². The first-order valence-electron chi connectivity index (χ1n) is 10.5. The number of hydrogen-bond acceptors (Lipinski definition) is 4. The summed E-state index contributed by atoms with van der Waals surface area (Å²) in [6.45, 7) is 4.45. The number of rotatable bonds is 7. The van der Waals surface area contributed by atoms with E-state index in [4.69, 9.17) is 32.7 Å². The van der Waals surface area contributed by atoms with Crippen LogP contribution in [0.2, 0.25) is 10.0 Å². The summed E-state index contributed by atoms with van der Waals surface area (Å²) in [7, 11) is 0. The summed E-state index contributed by atoms with van der Waals surface area (Å²) in [5, 5.41) is 6.87. The van der Waals surface area contributed by atoms with Gasteiger partial charge in [0.05, 0.1) is 28.6 Å². The normalized spacial score (nSPS) is 14.5. The van der Waals surface area contributed by atoms with Gasteiger partial charge in [0.15, 0.2) is 11.5 Å². The second kappa shape index (κ2) is 10.1. The van der Waals surface area contributed by atoms with Crippen LogP contribution in [-0.4, -0.2) is 18.2 Å². The number of para-hydroxylation sites is 1. The first kappa shape index (κ1) is 22.9. The van der Waals surface area contributed by atoms with Gasteiger partial charge in [-0.25, -0.2) is 0 Å². The maximum Gasteiger partial charge on any atom is 0.280 e. The second-order valence-electron chi connectivity index (χ2n) is 7.37. The van der Waals surface area contributed by atoms with Gasteiger partial charge in [-0.05, 0) is 67.4 Å². The molecular formula is C26H22Cl2N2O3. The average Bonchev–Trinajstić information content (AvgIpc) is 3.09. The van der Waals surface area contributed by atoms with Crippen LogP contribution in [0.25, 0.3) is 6.08 Å². The minimum absolute atomic E-state index is 0.198. The van der Waals surface area contributed by atoms with Crippen LogP contribution in [0.5, 0.6) is 11.5 Å². The van der Waals surface area contributed by atoms with Crippen molar-refractivity contribution in [3.05, 3.63) is 93.5 Å². The molecule has 3 aromatic rings. The highest BCUT2D eigenvalue weighted by atomic mass is 35.5. The minimum Gasteiger partial charge on any atom is -0.490 e. The van der Waals surface area contributed by atoms with Crippen LogP contribution in [0.3, 0.4) is 0 Å². The van der Waals surface area contributed by atoms with Crippen molar-refractivity contribution < 1.29 is 14.3 Å². The monoisotopic (exact) mass is 480 g/mol. The molecule has 1 amide bonds. The third-order valence-corrected chi connectivity index (χ3v) is 5.54. The van der Waals surface area contributed by atoms with Gasteiger partial charge < -0.3 is 9.47 Å². The Kier molecular flexibility index (Phi) is 7.02. The van der Waals surface area contributed by atoms with E-state index in [-0.39, 0.29) is 5.91 Å². The zero-order valence-corrected chi connectivity index (χ0v) is 19.7. The van der Waals surface area contributed by atoms with Gasteiger partial charge in [-0.1, -0.05) is 53.5 Å². The van der Waals surface area contributed by atoms with Crippen molar-refractivity contribution in [2.45, 2.75) is 20.5 Å². The molecule has 0 N–H and O–H groups in total. The number of amides is 1. The molecule has 0 unspecified atom stereocenters.